The lowest BCUT2D eigenvalue weighted by atomic mass is 10.0. The fourth-order valence-electron chi connectivity index (χ4n) is 6.61. The first kappa shape index (κ1) is 55.1. The Hall–Kier alpha value is -2.89. The van der Waals surface area contributed by atoms with E-state index in [2.05, 4.69) is 81.5 Å². The summed E-state index contributed by atoms with van der Waals surface area (Å²) in [5.74, 6) is -0.941. The SMILES string of the molecule is CC/C=C\C/C=C\C/C=C\CCCCCCC(=O)OC(COC(=O)CCCCC/C=C\C=C/CCCC)COC(=O)CCCCCCCCCCCCCCCCC. The molecule has 0 radical (unpaired) electrons. The van der Waals surface area contributed by atoms with Crippen molar-refractivity contribution in [1.29, 1.82) is 0 Å². The van der Waals surface area contributed by atoms with Gasteiger partial charge in [0.25, 0.3) is 0 Å². The minimum absolute atomic E-state index is 0.0905. The number of esters is 3. The molecule has 0 aliphatic rings. The molecule has 0 aliphatic heterocycles. The van der Waals surface area contributed by atoms with E-state index in [1.165, 1.54) is 89.9 Å². The highest BCUT2D eigenvalue weighted by atomic mass is 16.6. The first-order chi connectivity index (χ1) is 28.5. The van der Waals surface area contributed by atoms with Crippen molar-refractivity contribution in [2.45, 2.75) is 239 Å². The Labute approximate surface area is 358 Å². The normalized spacial score (nSPS) is 12.5. The molecule has 0 rings (SSSR count). The summed E-state index contributed by atoms with van der Waals surface area (Å²) in [4.78, 5) is 37.8. The smallest absolute Gasteiger partial charge is 0.306 e. The molecule has 0 N–H and O–H groups in total. The summed E-state index contributed by atoms with van der Waals surface area (Å²) in [6.45, 7) is 6.43. The van der Waals surface area contributed by atoms with Crippen molar-refractivity contribution in [3.8, 4) is 0 Å². The average Bonchev–Trinajstić information content (AvgIpc) is 3.22. The maximum absolute atomic E-state index is 12.7. The minimum Gasteiger partial charge on any atom is -0.462 e. The van der Waals surface area contributed by atoms with Gasteiger partial charge in [-0.15, -0.1) is 0 Å². The molecular formula is C52H90O6. The van der Waals surface area contributed by atoms with Gasteiger partial charge in [0.05, 0.1) is 0 Å². The van der Waals surface area contributed by atoms with Crippen LogP contribution in [0.25, 0.3) is 0 Å². The molecular weight excluding hydrogens is 721 g/mol. The largest absolute Gasteiger partial charge is 0.462 e. The van der Waals surface area contributed by atoms with Gasteiger partial charge in [-0.25, -0.2) is 0 Å². The molecule has 0 amide bonds. The summed E-state index contributed by atoms with van der Waals surface area (Å²) in [5, 5.41) is 0. The molecule has 0 saturated heterocycles. The summed E-state index contributed by atoms with van der Waals surface area (Å²) < 4.78 is 16.7. The van der Waals surface area contributed by atoms with Crippen LogP contribution in [-0.4, -0.2) is 37.2 Å². The fourth-order valence-corrected chi connectivity index (χ4v) is 6.61. The van der Waals surface area contributed by atoms with Crippen LogP contribution in [0.5, 0.6) is 0 Å². The molecule has 6 heteroatoms. The van der Waals surface area contributed by atoms with E-state index in [1.54, 1.807) is 0 Å². The van der Waals surface area contributed by atoms with Crippen LogP contribution in [0.4, 0.5) is 0 Å². The predicted molar refractivity (Wildman–Crippen MR) is 247 cm³/mol. The molecule has 6 nitrogen and oxygen atoms in total. The number of ether oxygens (including phenoxy) is 3. The van der Waals surface area contributed by atoms with E-state index in [1.807, 2.05) is 0 Å². The van der Waals surface area contributed by atoms with Crippen LogP contribution in [0.1, 0.15) is 233 Å². The number of carbonyl (C=O) groups is 3. The molecule has 58 heavy (non-hydrogen) atoms. The van der Waals surface area contributed by atoms with Crippen molar-refractivity contribution >= 4 is 17.9 Å². The molecule has 0 aromatic heterocycles. The summed E-state index contributed by atoms with van der Waals surface area (Å²) in [6.07, 6.45) is 56.3. The second-order valence-electron chi connectivity index (χ2n) is 16.0. The first-order valence-corrected chi connectivity index (χ1v) is 24.3. The van der Waals surface area contributed by atoms with Crippen molar-refractivity contribution in [3.63, 3.8) is 0 Å². The Bertz CT molecular complexity index is 1070. The van der Waals surface area contributed by atoms with Gasteiger partial charge in [0.2, 0.25) is 0 Å². The zero-order chi connectivity index (χ0) is 42.3. The maximum Gasteiger partial charge on any atom is 0.306 e. The summed E-state index contributed by atoms with van der Waals surface area (Å²) in [6, 6.07) is 0. The van der Waals surface area contributed by atoms with Crippen molar-refractivity contribution in [1.82, 2.24) is 0 Å². The molecule has 0 saturated carbocycles. The monoisotopic (exact) mass is 811 g/mol. The van der Waals surface area contributed by atoms with E-state index in [-0.39, 0.29) is 31.1 Å². The lowest BCUT2D eigenvalue weighted by Gasteiger charge is -2.18. The van der Waals surface area contributed by atoms with Gasteiger partial charge in [0.1, 0.15) is 13.2 Å². The third-order valence-corrected chi connectivity index (χ3v) is 10.3. The van der Waals surface area contributed by atoms with E-state index < -0.39 is 6.10 Å². The van der Waals surface area contributed by atoms with Crippen molar-refractivity contribution in [2.24, 2.45) is 0 Å². The van der Waals surface area contributed by atoms with E-state index in [4.69, 9.17) is 14.2 Å². The molecule has 0 heterocycles. The number of hydrogen-bond acceptors (Lipinski definition) is 6. The van der Waals surface area contributed by atoms with Gasteiger partial charge in [0, 0.05) is 19.3 Å². The number of allylic oxidation sites excluding steroid dienone is 10. The Morgan fingerprint density at radius 1 is 0.379 bits per heavy atom. The summed E-state index contributed by atoms with van der Waals surface area (Å²) in [5.41, 5.74) is 0. The van der Waals surface area contributed by atoms with Crippen LogP contribution in [0.2, 0.25) is 0 Å². The quantitative estimate of drug-likeness (QED) is 0.0201. The van der Waals surface area contributed by atoms with Crippen LogP contribution < -0.4 is 0 Å². The van der Waals surface area contributed by atoms with Gasteiger partial charge in [-0.05, 0) is 70.6 Å². The predicted octanol–water partition coefficient (Wildman–Crippen LogP) is 15.7. The Kier molecular flexibility index (Phi) is 44.5. The highest BCUT2D eigenvalue weighted by Gasteiger charge is 2.19. The van der Waals surface area contributed by atoms with Gasteiger partial charge in [0.15, 0.2) is 6.10 Å². The molecule has 0 fully saturated rings. The second kappa shape index (κ2) is 46.8. The number of rotatable bonds is 43. The highest BCUT2D eigenvalue weighted by molar-refractivity contribution is 5.71. The van der Waals surface area contributed by atoms with Crippen LogP contribution in [-0.2, 0) is 28.6 Å². The van der Waals surface area contributed by atoms with Gasteiger partial charge in [-0.3, -0.25) is 14.4 Å². The summed E-state index contributed by atoms with van der Waals surface area (Å²) in [7, 11) is 0. The van der Waals surface area contributed by atoms with Gasteiger partial charge >= 0.3 is 17.9 Å². The number of hydrogen-bond donors (Lipinski definition) is 0. The fraction of sp³-hybridized carbons (Fsp3) is 0.750. The van der Waals surface area contributed by atoms with Gasteiger partial charge in [-0.1, -0.05) is 204 Å². The summed E-state index contributed by atoms with van der Waals surface area (Å²) >= 11 is 0. The number of unbranched alkanes of at least 4 members (excludes halogenated alkanes) is 23. The zero-order valence-corrected chi connectivity index (χ0v) is 38.0. The third kappa shape index (κ3) is 44.2. The molecule has 0 aromatic rings. The molecule has 1 unspecified atom stereocenters. The maximum atomic E-state index is 12.7. The van der Waals surface area contributed by atoms with Gasteiger partial charge in [-0.2, -0.15) is 0 Å². The first-order valence-electron chi connectivity index (χ1n) is 24.3. The van der Waals surface area contributed by atoms with Gasteiger partial charge < -0.3 is 14.2 Å². The third-order valence-electron chi connectivity index (χ3n) is 10.3. The van der Waals surface area contributed by atoms with Crippen molar-refractivity contribution < 1.29 is 28.6 Å². The van der Waals surface area contributed by atoms with E-state index in [9.17, 15) is 14.4 Å². The Morgan fingerprint density at radius 2 is 0.741 bits per heavy atom. The molecule has 0 spiro atoms. The van der Waals surface area contributed by atoms with E-state index in [0.717, 1.165) is 103 Å². The van der Waals surface area contributed by atoms with E-state index >= 15 is 0 Å². The molecule has 1 atom stereocenters. The zero-order valence-electron chi connectivity index (χ0n) is 38.0. The Balaban J connectivity index is 4.42. The molecule has 0 aromatic carbocycles. The van der Waals surface area contributed by atoms with Crippen LogP contribution >= 0.6 is 0 Å². The second-order valence-corrected chi connectivity index (χ2v) is 16.0. The number of carbonyl (C=O) groups excluding carboxylic acids is 3. The molecule has 334 valence electrons. The molecule has 0 bridgehead atoms. The lowest BCUT2D eigenvalue weighted by Crippen LogP contribution is -2.30. The topological polar surface area (TPSA) is 78.9 Å². The average molecular weight is 811 g/mol. The van der Waals surface area contributed by atoms with Crippen LogP contribution in [0.3, 0.4) is 0 Å². The highest BCUT2D eigenvalue weighted by Crippen LogP contribution is 2.15. The standard InChI is InChI=1S/C52H90O6/c1-4-7-10-13-16-19-22-24-26-28-30-33-36-39-42-45-51(54)57-48-49(47-56-50(53)44-41-38-35-32-29-21-18-15-12-9-6-3)58-52(55)46-43-40-37-34-31-27-25-23-20-17-14-11-8-5-2/h8,11,15,17-18,20-21,25,27,29,49H,4-7,9-10,12-14,16,19,22-24,26,28,30-48H2,1-3H3/b11-8-,18-15-,20-17-,27-25-,29-21-. The van der Waals surface area contributed by atoms with Crippen molar-refractivity contribution in [2.75, 3.05) is 13.2 Å². The van der Waals surface area contributed by atoms with Crippen LogP contribution in [0, 0.1) is 0 Å². The Morgan fingerprint density at radius 3 is 1.22 bits per heavy atom. The van der Waals surface area contributed by atoms with E-state index in [0.29, 0.717) is 19.3 Å². The van der Waals surface area contributed by atoms with Crippen LogP contribution in [0.15, 0.2) is 60.8 Å². The lowest BCUT2D eigenvalue weighted by molar-refractivity contribution is -0.167. The minimum atomic E-state index is -0.793. The van der Waals surface area contributed by atoms with Crippen molar-refractivity contribution in [3.05, 3.63) is 60.8 Å². The molecule has 0 aliphatic carbocycles.